The van der Waals surface area contributed by atoms with Gasteiger partial charge in [-0.25, -0.2) is 4.98 Å². The van der Waals surface area contributed by atoms with Crippen LogP contribution in [0.15, 0.2) is 24.3 Å². The molecule has 0 atom stereocenters. The second-order valence-electron chi connectivity index (χ2n) is 10.0. The number of rotatable bonds is 5. The van der Waals surface area contributed by atoms with Crippen LogP contribution in [0.3, 0.4) is 0 Å². The van der Waals surface area contributed by atoms with Gasteiger partial charge in [-0.3, -0.25) is 4.79 Å². The Morgan fingerprint density at radius 2 is 1.88 bits per heavy atom. The van der Waals surface area contributed by atoms with Crippen molar-refractivity contribution in [2.75, 3.05) is 36.9 Å². The molecule has 4 rings (SSSR count). The predicted molar refractivity (Wildman–Crippen MR) is 133 cm³/mol. The zero-order valence-electron chi connectivity index (χ0n) is 20.0. The zero-order valence-corrected chi connectivity index (χ0v) is 20.8. The number of carbonyl (C=O) groups is 1. The Morgan fingerprint density at radius 3 is 2.50 bits per heavy atom. The molecule has 0 unspecified atom stereocenters. The molecule has 32 heavy (non-hydrogen) atoms. The van der Waals surface area contributed by atoms with Gasteiger partial charge in [0, 0.05) is 31.2 Å². The average Bonchev–Trinajstić information content (AvgIpc) is 3.27. The minimum absolute atomic E-state index is 0.146. The molecule has 3 heterocycles. The standard InChI is InChI=1S/C24H34N6OS/c1-16-7-9-18(10-8-16)20-21(26-24(3,4)5)30-22(25-20)32-23(27-30)28(6)15-19(31)29-13-11-17(2)12-14-29/h7-10,17,26H,11-15H2,1-6H3. The van der Waals surface area contributed by atoms with Crippen LogP contribution in [0.4, 0.5) is 10.9 Å². The predicted octanol–water partition coefficient (Wildman–Crippen LogP) is 4.67. The number of anilines is 2. The number of aromatic nitrogens is 3. The lowest BCUT2D eigenvalue weighted by Gasteiger charge is -2.31. The smallest absolute Gasteiger partial charge is 0.242 e. The largest absolute Gasteiger partial charge is 0.364 e. The van der Waals surface area contributed by atoms with Gasteiger partial charge in [-0.1, -0.05) is 48.1 Å². The summed E-state index contributed by atoms with van der Waals surface area (Å²) in [4.78, 5) is 22.4. The maximum absolute atomic E-state index is 12.8. The molecule has 8 heteroatoms. The van der Waals surface area contributed by atoms with Gasteiger partial charge >= 0.3 is 0 Å². The van der Waals surface area contributed by atoms with Crippen molar-refractivity contribution >= 4 is 33.2 Å². The molecule has 1 aliphatic rings. The monoisotopic (exact) mass is 454 g/mol. The molecule has 1 N–H and O–H groups in total. The summed E-state index contributed by atoms with van der Waals surface area (Å²) in [5.41, 5.74) is 3.03. The molecular formula is C24H34N6OS. The van der Waals surface area contributed by atoms with Crippen LogP contribution in [-0.2, 0) is 4.79 Å². The van der Waals surface area contributed by atoms with Crippen molar-refractivity contribution in [1.29, 1.82) is 0 Å². The fourth-order valence-electron chi connectivity index (χ4n) is 3.90. The van der Waals surface area contributed by atoms with Crippen molar-refractivity contribution < 1.29 is 4.79 Å². The number of benzene rings is 1. The molecule has 0 radical (unpaired) electrons. The van der Waals surface area contributed by atoms with Crippen molar-refractivity contribution in [1.82, 2.24) is 19.5 Å². The summed E-state index contributed by atoms with van der Waals surface area (Å²) in [6.07, 6.45) is 2.17. The fraction of sp³-hybridized carbons (Fsp3) is 0.542. The summed E-state index contributed by atoms with van der Waals surface area (Å²) in [5.74, 6) is 1.75. The van der Waals surface area contributed by atoms with Crippen LogP contribution in [0.25, 0.3) is 16.2 Å². The van der Waals surface area contributed by atoms with Crippen molar-refractivity contribution in [3.63, 3.8) is 0 Å². The molecule has 1 fully saturated rings. The maximum atomic E-state index is 12.8. The van der Waals surface area contributed by atoms with E-state index in [1.807, 2.05) is 21.4 Å². The third-order valence-electron chi connectivity index (χ3n) is 5.85. The van der Waals surface area contributed by atoms with Crippen LogP contribution in [0.2, 0.25) is 0 Å². The first-order valence-corrected chi connectivity index (χ1v) is 12.2. The van der Waals surface area contributed by atoms with E-state index in [4.69, 9.17) is 10.1 Å². The third-order valence-corrected chi connectivity index (χ3v) is 6.87. The first-order chi connectivity index (χ1) is 15.1. The Hall–Kier alpha value is -2.61. The van der Waals surface area contributed by atoms with Gasteiger partial charge in [0.25, 0.3) is 0 Å². The van der Waals surface area contributed by atoms with E-state index in [1.54, 1.807) is 0 Å². The lowest BCUT2D eigenvalue weighted by Crippen LogP contribution is -2.43. The molecule has 1 aromatic carbocycles. The molecule has 1 amide bonds. The number of nitrogens with one attached hydrogen (secondary N) is 1. The molecule has 7 nitrogen and oxygen atoms in total. The summed E-state index contributed by atoms with van der Waals surface area (Å²) in [6.45, 7) is 12.8. The van der Waals surface area contributed by atoms with E-state index < -0.39 is 0 Å². The Bertz CT molecular complexity index is 1090. The molecule has 3 aromatic rings. The van der Waals surface area contributed by atoms with E-state index in [9.17, 15) is 4.79 Å². The van der Waals surface area contributed by atoms with Crippen LogP contribution >= 0.6 is 11.3 Å². The fourth-order valence-corrected chi connectivity index (χ4v) is 4.76. The summed E-state index contributed by atoms with van der Waals surface area (Å²) in [6, 6.07) is 8.40. The van der Waals surface area contributed by atoms with E-state index in [1.165, 1.54) is 16.9 Å². The zero-order chi connectivity index (χ0) is 23.0. The summed E-state index contributed by atoms with van der Waals surface area (Å²) < 4.78 is 1.88. The highest BCUT2D eigenvalue weighted by Crippen LogP contribution is 2.34. The Labute approximate surface area is 194 Å². The van der Waals surface area contributed by atoms with Gasteiger partial charge in [-0.2, -0.15) is 4.52 Å². The van der Waals surface area contributed by atoms with Crippen molar-refractivity contribution in [3.8, 4) is 11.3 Å². The van der Waals surface area contributed by atoms with Crippen LogP contribution in [0.1, 0.15) is 46.1 Å². The van der Waals surface area contributed by atoms with E-state index >= 15 is 0 Å². The van der Waals surface area contributed by atoms with E-state index in [2.05, 4.69) is 64.2 Å². The van der Waals surface area contributed by atoms with Crippen molar-refractivity contribution in [3.05, 3.63) is 29.8 Å². The van der Waals surface area contributed by atoms with Crippen LogP contribution in [0.5, 0.6) is 0 Å². The Balaban J connectivity index is 1.60. The van der Waals surface area contributed by atoms with Crippen molar-refractivity contribution in [2.24, 2.45) is 5.92 Å². The number of aryl methyl sites for hydroxylation is 1. The summed E-state index contributed by atoms with van der Waals surface area (Å²) >= 11 is 1.51. The molecular weight excluding hydrogens is 420 g/mol. The van der Waals surface area contributed by atoms with Gasteiger partial charge in [0.05, 0.1) is 6.54 Å². The summed E-state index contributed by atoms with van der Waals surface area (Å²) in [5, 5.41) is 9.21. The molecule has 0 saturated carbocycles. The van der Waals surface area contributed by atoms with Gasteiger partial charge in [0.15, 0.2) is 5.82 Å². The van der Waals surface area contributed by atoms with Gasteiger partial charge in [-0.15, -0.1) is 5.10 Å². The Kier molecular flexibility index (Phi) is 6.16. The molecule has 0 bridgehead atoms. The highest BCUT2D eigenvalue weighted by Gasteiger charge is 2.25. The SMILES string of the molecule is Cc1ccc(-c2nc3sc(N(C)CC(=O)N4CCC(C)CC4)nn3c2NC(C)(C)C)cc1. The number of likely N-dealkylation sites (N-methyl/N-ethyl adjacent to an activating group) is 1. The number of hydrogen-bond donors (Lipinski definition) is 1. The van der Waals surface area contributed by atoms with E-state index in [0.29, 0.717) is 12.5 Å². The second-order valence-corrected chi connectivity index (χ2v) is 11.0. The van der Waals surface area contributed by atoms with Gasteiger partial charge in [0.2, 0.25) is 16.0 Å². The lowest BCUT2D eigenvalue weighted by molar-refractivity contribution is -0.130. The second kappa shape index (κ2) is 8.73. The van der Waals surface area contributed by atoms with Gasteiger partial charge in [-0.05, 0) is 46.5 Å². The molecule has 2 aromatic heterocycles. The Morgan fingerprint density at radius 1 is 1.22 bits per heavy atom. The van der Waals surface area contributed by atoms with Crippen LogP contribution in [0, 0.1) is 12.8 Å². The first kappa shape index (κ1) is 22.6. The van der Waals surface area contributed by atoms with E-state index in [-0.39, 0.29) is 11.4 Å². The molecule has 1 saturated heterocycles. The minimum atomic E-state index is -0.146. The molecule has 1 aliphatic heterocycles. The number of piperidine rings is 1. The number of imidazole rings is 1. The van der Waals surface area contributed by atoms with Crippen LogP contribution < -0.4 is 10.2 Å². The van der Waals surface area contributed by atoms with Crippen molar-refractivity contribution in [2.45, 2.75) is 53.0 Å². The summed E-state index contributed by atoms with van der Waals surface area (Å²) in [7, 11) is 1.93. The number of carbonyl (C=O) groups excluding carboxylic acids is 1. The maximum Gasteiger partial charge on any atom is 0.242 e. The quantitative estimate of drug-likeness (QED) is 0.607. The normalized spacial score (nSPS) is 15.4. The number of likely N-dealkylation sites (tertiary alicyclic amines) is 1. The molecule has 0 spiro atoms. The van der Waals surface area contributed by atoms with E-state index in [0.717, 1.165) is 53.1 Å². The molecule has 172 valence electrons. The van der Waals surface area contributed by atoms with Crippen LogP contribution in [-0.4, -0.2) is 57.6 Å². The number of hydrogen-bond acceptors (Lipinski definition) is 6. The highest BCUT2D eigenvalue weighted by molar-refractivity contribution is 7.20. The average molecular weight is 455 g/mol. The topological polar surface area (TPSA) is 65.8 Å². The highest BCUT2D eigenvalue weighted by atomic mass is 32.1. The first-order valence-electron chi connectivity index (χ1n) is 11.3. The minimum Gasteiger partial charge on any atom is -0.364 e. The third kappa shape index (κ3) is 4.90. The lowest BCUT2D eigenvalue weighted by atomic mass is 9.99. The number of fused-ring (bicyclic) bond motifs is 1. The molecule has 0 aliphatic carbocycles. The van der Waals surface area contributed by atoms with Gasteiger partial charge in [0.1, 0.15) is 5.69 Å². The van der Waals surface area contributed by atoms with Gasteiger partial charge < -0.3 is 15.1 Å². The number of nitrogens with zero attached hydrogens (tertiary/aromatic N) is 5. The number of amides is 1.